The van der Waals surface area contributed by atoms with Gasteiger partial charge in [-0.15, -0.1) is 0 Å². The van der Waals surface area contributed by atoms with Crippen molar-refractivity contribution in [1.82, 2.24) is 0 Å². The molecule has 0 aromatic heterocycles. The van der Waals surface area contributed by atoms with Gasteiger partial charge in [0.15, 0.2) is 0 Å². The van der Waals surface area contributed by atoms with Crippen LogP contribution in [-0.4, -0.2) is 0 Å². The molecule has 3 rings (SSSR count). The maximum absolute atomic E-state index is 2.43. The number of benzene rings is 2. The van der Waals surface area contributed by atoms with E-state index in [1.807, 2.05) is 0 Å². The van der Waals surface area contributed by atoms with E-state index < -0.39 is 0 Å². The first kappa shape index (κ1) is 13.8. The third-order valence-electron chi connectivity index (χ3n) is 4.23. The van der Waals surface area contributed by atoms with Gasteiger partial charge < -0.3 is 0 Å². The van der Waals surface area contributed by atoms with Crippen LogP contribution in [-0.2, 0) is 23.4 Å². The summed E-state index contributed by atoms with van der Waals surface area (Å²) in [7, 11) is 0. The number of fused-ring (bicyclic) bond motifs is 1. The summed E-state index contributed by atoms with van der Waals surface area (Å²) < 4.78 is 0.348. The number of hydrogen-bond acceptors (Lipinski definition) is 0. The third kappa shape index (κ3) is 2.42. The maximum atomic E-state index is 2.43. The van der Waals surface area contributed by atoms with E-state index in [0.717, 1.165) is 0 Å². The second kappa shape index (κ2) is 5.34. The van der Waals surface area contributed by atoms with E-state index in [4.69, 9.17) is 0 Å². The van der Waals surface area contributed by atoms with Crippen molar-refractivity contribution in [3.63, 3.8) is 0 Å². The van der Waals surface area contributed by atoms with Crippen molar-refractivity contribution in [2.24, 2.45) is 0 Å². The number of hydrogen-bond donors (Lipinski definition) is 0. The summed E-state index contributed by atoms with van der Waals surface area (Å²) in [5.41, 5.74) is 4.56. The van der Waals surface area contributed by atoms with Crippen LogP contribution in [0.5, 0.6) is 0 Å². The van der Waals surface area contributed by atoms with Gasteiger partial charge in [0, 0.05) is 0 Å². The third-order valence-corrected chi connectivity index (χ3v) is 8.39. The Morgan fingerprint density at radius 3 is 2.50 bits per heavy atom. The molecule has 106 valence electrons. The summed E-state index contributed by atoms with van der Waals surface area (Å²) in [6.45, 7) is 6.95. The van der Waals surface area contributed by atoms with Gasteiger partial charge in [0.2, 0.25) is 0 Å². The van der Waals surface area contributed by atoms with Crippen LogP contribution < -0.4 is 0 Å². The average Bonchev–Trinajstić information content (AvgIpc) is 2.73. The zero-order valence-corrected chi connectivity index (χ0v) is 14.5. The van der Waals surface area contributed by atoms with E-state index in [0.29, 0.717) is 3.80 Å². The predicted octanol–water partition coefficient (Wildman–Crippen LogP) is 5.51. The van der Waals surface area contributed by atoms with Crippen LogP contribution in [0.3, 0.4) is 0 Å². The van der Waals surface area contributed by atoms with Gasteiger partial charge in [0.1, 0.15) is 0 Å². The Balaban J connectivity index is 1.87. The molecule has 1 atom stereocenters. The van der Waals surface area contributed by atoms with Gasteiger partial charge in [-0.25, -0.2) is 0 Å². The molecular weight excluding hydrogens is 423 g/mol. The van der Waals surface area contributed by atoms with Crippen LogP contribution in [0, 0.1) is 0 Å². The van der Waals surface area contributed by atoms with Gasteiger partial charge in [-0.3, -0.25) is 0 Å². The average molecular weight is 443 g/mol. The van der Waals surface area contributed by atoms with E-state index in [1.54, 1.807) is 5.57 Å². The molecule has 0 saturated heterocycles. The van der Waals surface area contributed by atoms with Crippen molar-refractivity contribution < 1.29 is 18.6 Å². The number of allylic oxidation sites excluding steroid dienone is 4. The summed E-state index contributed by atoms with van der Waals surface area (Å²) in [5, 5.41) is 2.80. The minimum absolute atomic E-state index is 0.0609. The second-order valence-electron chi connectivity index (χ2n) is 5.51. The first-order chi connectivity index (χ1) is 9.60. The molecular formula is C19H20Pt. The molecule has 2 aromatic rings. The summed E-state index contributed by atoms with van der Waals surface area (Å²) in [6, 6.07) is 15.5. The summed E-state index contributed by atoms with van der Waals surface area (Å²) in [6.07, 6.45) is 4.73. The molecule has 1 unspecified atom stereocenters. The van der Waals surface area contributed by atoms with E-state index in [-0.39, 0.29) is 18.6 Å². The topological polar surface area (TPSA) is 0 Å². The van der Waals surface area contributed by atoms with E-state index in [9.17, 15) is 0 Å². The first-order valence-electron chi connectivity index (χ1n) is 6.97. The SMILES string of the molecule is CC1=C(C)[C](C)([Pt][CH2]c2cccc3ccccc23)C=C1. The fraction of sp³-hybridized carbons (Fsp3) is 0.263. The van der Waals surface area contributed by atoms with Crippen LogP contribution in [0.25, 0.3) is 10.8 Å². The Bertz CT molecular complexity index is 703. The molecule has 0 spiro atoms. The van der Waals surface area contributed by atoms with Crippen LogP contribution in [0.1, 0.15) is 26.3 Å². The Kier molecular flexibility index (Phi) is 3.69. The Morgan fingerprint density at radius 1 is 1.00 bits per heavy atom. The molecule has 0 saturated carbocycles. The number of rotatable bonds is 3. The summed E-state index contributed by atoms with van der Waals surface area (Å²) >= 11 is 0.0609. The van der Waals surface area contributed by atoms with Crippen molar-refractivity contribution in [3.8, 4) is 0 Å². The Labute approximate surface area is 130 Å². The molecule has 0 radical (unpaired) electrons. The van der Waals surface area contributed by atoms with Gasteiger partial charge >= 0.3 is 130 Å². The van der Waals surface area contributed by atoms with Crippen molar-refractivity contribution >= 4 is 10.8 Å². The van der Waals surface area contributed by atoms with Crippen molar-refractivity contribution in [2.75, 3.05) is 0 Å². The van der Waals surface area contributed by atoms with Crippen molar-refractivity contribution in [3.05, 3.63) is 71.3 Å². The summed E-state index contributed by atoms with van der Waals surface area (Å²) in [4.78, 5) is 1.24. The van der Waals surface area contributed by atoms with Gasteiger partial charge in [-0.2, -0.15) is 0 Å². The molecule has 1 aliphatic carbocycles. The molecule has 1 aliphatic rings. The molecule has 20 heavy (non-hydrogen) atoms. The predicted molar refractivity (Wildman–Crippen MR) is 83.5 cm³/mol. The van der Waals surface area contributed by atoms with E-state index in [1.165, 1.54) is 26.7 Å². The Morgan fingerprint density at radius 2 is 1.75 bits per heavy atom. The fourth-order valence-corrected chi connectivity index (χ4v) is 6.06. The van der Waals surface area contributed by atoms with Crippen LogP contribution in [0.2, 0.25) is 3.80 Å². The molecule has 2 aromatic carbocycles. The van der Waals surface area contributed by atoms with Crippen molar-refractivity contribution in [2.45, 2.75) is 29.4 Å². The standard InChI is InChI=1S/C11H9.C8H11.Pt/c1-9-5-4-7-10-6-2-3-8-11(9)10;1-6-4-5-7(2)8(6)3;/h2-8H,1H2;4-5H,1-3H3;. The summed E-state index contributed by atoms with van der Waals surface area (Å²) in [5.74, 6) is 0. The van der Waals surface area contributed by atoms with E-state index >= 15 is 0 Å². The normalized spacial score (nSPS) is 22.1. The minimum atomic E-state index is 0.0609. The van der Waals surface area contributed by atoms with Gasteiger partial charge in [-0.05, 0) is 0 Å². The van der Waals surface area contributed by atoms with Crippen molar-refractivity contribution in [1.29, 1.82) is 0 Å². The Hall–Kier alpha value is -1.13. The molecule has 0 nitrogen and oxygen atoms in total. The molecule has 0 fully saturated rings. The monoisotopic (exact) mass is 443 g/mol. The van der Waals surface area contributed by atoms with Gasteiger partial charge in [0.25, 0.3) is 0 Å². The molecule has 0 bridgehead atoms. The zero-order valence-electron chi connectivity index (χ0n) is 12.2. The van der Waals surface area contributed by atoms with E-state index in [2.05, 4.69) is 75.4 Å². The first-order valence-corrected chi connectivity index (χ1v) is 9.71. The molecule has 0 heterocycles. The zero-order chi connectivity index (χ0) is 14.2. The van der Waals surface area contributed by atoms with Crippen LogP contribution in [0.15, 0.2) is 65.8 Å². The molecule has 0 N–H and O–H groups in total. The van der Waals surface area contributed by atoms with Gasteiger partial charge in [0.05, 0.1) is 0 Å². The van der Waals surface area contributed by atoms with Crippen LogP contribution in [0.4, 0.5) is 0 Å². The molecule has 0 amide bonds. The molecule has 0 aliphatic heterocycles. The quantitative estimate of drug-likeness (QED) is 0.587. The molecule has 1 heteroatoms. The second-order valence-corrected chi connectivity index (χ2v) is 9.48. The van der Waals surface area contributed by atoms with Crippen LogP contribution >= 0.6 is 0 Å². The fourth-order valence-electron chi connectivity index (χ4n) is 2.59. The van der Waals surface area contributed by atoms with Gasteiger partial charge in [-0.1, -0.05) is 0 Å².